The Labute approximate surface area is 108 Å². The number of rotatable bonds is 3. The Kier molecular flexibility index (Phi) is 3.05. The number of hydrogen-bond donors (Lipinski definition) is 2. The van der Waals surface area contributed by atoms with E-state index in [1.807, 2.05) is 0 Å². The van der Waals surface area contributed by atoms with Gasteiger partial charge in [-0.3, -0.25) is 0 Å². The summed E-state index contributed by atoms with van der Waals surface area (Å²) in [5.74, 6) is 0.685. The molecule has 1 aliphatic heterocycles. The molecule has 0 aliphatic carbocycles. The number of aromatic nitrogens is 1. The zero-order chi connectivity index (χ0) is 11.7. The molecule has 1 aliphatic rings. The molecule has 17 heavy (non-hydrogen) atoms. The zero-order valence-electron chi connectivity index (χ0n) is 9.14. The molecule has 88 valence electrons. The smallest absolute Gasteiger partial charge is 0.126 e. The predicted molar refractivity (Wildman–Crippen MR) is 75.0 cm³/mol. The molecule has 3 heterocycles. The Morgan fingerprint density at radius 2 is 2.47 bits per heavy atom. The van der Waals surface area contributed by atoms with E-state index in [2.05, 4.69) is 33.9 Å². The molecule has 0 saturated carbocycles. The van der Waals surface area contributed by atoms with Gasteiger partial charge in [-0.1, -0.05) is 12.2 Å². The van der Waals surface area contributed by atoms with Gasteiger partial charge in [0, 0.05) is 23.2 Å². The Morgan fingerprint density at radius 3 is 3.35 bits per heavy atom. The van der Waals surface area contributed by atoms with Crippen molar-refractivity contribution in [3.05, 3.63) is 23.1 Å². The number of anilines is 1. The van der Waals surface area contributed by atoms with E-state index in [1.165, 1.54) is 11.1 Å². The van der Waals surface area contributed by atoms with Gasteiger partial charge in [0.2, 0.25) is 0 Å². The molecular formula is C12H12N2OS2. The van der Waals surface area contributed by atoms with Crippen molar-refractivity contribution >= 4 is 45.1 Å². The predicted octanol–water partition coefficient (Wildman–Crippen LogP) is 2.82. The maximum Gasteiger partial charge on any atom is 0.126 e. The summed E-state index contributed by atoms with van der Waals surface area (Å²) < 4.78 is 0. The summed E-state index contributed by atoms with van der Waals surface area (Å²) in [6.45, 7) is 1.05. The van der Waals surface area contributed by atoms with E-state index in [-0.39, 0.29) is 6.61 Å². The number of nitrogens with one attached hydrogen (secondary N) is 1. The molecular weight excluding hydrogens is 252 g/mol. The van der Waals surface area contributed by atoms with Crippen molar-refractivity contribution in [3.63, 3.8) is 0 Å². The first-order chi connectivity index (χ1) is 8.40. The molecule has 2 N–H and O–H groups in total. The van der Waals surface area contributed by atoms with Crippen molar-refractivity contribution in [2.75, 3.05) is 24.2 Å². The van der Waals surface area contributed by atoms with Crippen molar-refractivity contribution in [2.45, 2.75) is 5.03 Å². The zero-order valence-corrected chi connectivity index (χ0v) is 10.8. The van der Waals surface area contributed by atoms with Gasteiger partial charge >= 0.3 is 0 Å². The Hall–Kier alpha value is -1.04. The maximum absolute atomic E-state index is 8.93. The minimum atomic E-state index is 0.181. The van der Waals surface area contributed by atoms with Crippen LogP contribution in [0.1, 0.15) is 5.56 Å². The molecule has 0 aromatic carbocycles. The molecule has 5 heteroatoms. The third kappa shape index (κ3) is 1.94. The van der Waals surface area contributed by atoms with Gasteiger partial charge in [0.1, 0.15) is 9.86 Å². The van der Waals surface area contributed by atoms with Crippen molar-refractivity contribution in [1.29, 1.82) is 0 Å². The van der Waals surface area contributed by atoms with E-state index < -0.39 is 0 Å². The van der Waals surface area contributed by atoms with Crippen LogP contribution in [-0.2, 0) is 0 Å². The monoisotopic (exact) mass is 264 g/mol. The Balaban J connectivity index is 2.17. The fourth-order valence-electron chi connectivity index (χ4n) is 1.92. The molecule has 2 aromatic heterocycles. The van der Waals surface area contributed by atoms with Crippen LogP contribution in [0.3, 0.4) is 0 Å². The van der Waals surface area contributed by atoms with E-state index in [4.69, 9.17) is 5.11 Å². The summed E-state index contributed by atoms with van der Waals surface area (Å²) in [5.41, 5.74) is 2.33. The van der Waals surface area contributed by atoms with Crippen LogP contribution in [0, 0.1) is 0 Å². The SMILES string of the molecule is OCCSc1nc2sccc2c2c1C=CCN2. The second-order valence-electron chi connectivity index (χ2n) is 3.70. The van der Waals surface area contributed by atoms with Crippen LogP contribution < -0.4 is 5.32 Å². The van der Waals surface area contributed by atoms with Crippen LogP contribution in [0.5, 0.6) is 0 Å². The van der Waals surface area contributed by atoms with Gasteiger partial charge < -0.3 is 10.4 Å². The van der Waals surface area contributed by atoms with Crippen LogP contribution in [0.15, 0.2) is 22.5 Å². The summed E-state index contributed by atoms with van der Waals surface area (Å²) in [7, 11) is 0. The van der Waals surface area contributed by atoms with E-state index in [0.717, 1.165) is 22.0 Å². The summed E-state index contributed by atoms with van der Waals surface area (Å²) in [4.78, 5) is 5.73. The highest BCUT2D eigenvalue weighted by atomic mass is 32.2. The van der Waals surface area contributed by atoms with Crippen LogP contribution in [0.4, 0.5) is 5.69 Å². The van der Waals surface area contributed by atoms with Crippen molar-refractivity contribution < 1.29 is 5.11 Å². The second-order valence-corrected chi connectivity index (χ2v) is 5.68. The number of thiophene rings is 1. The molecule has 0 amide bonds. The lowest BCUT2D eigenvalue weighted by atomic mass is 10.1. The number of hydrogen-bond acceptors (Lipinski definition) is 5. The Morgan fingerprint density at radius 1 is 1.53 bits per heavy atom. The normalized spacial score (nSPS) is 13.7. The molecule has 3 rings (SSSR count). The fraction of sp³-hybridized carbons (Fsp3) is 0.250. The van der Waals surface area contributed by atoms with Gasteiger partial charge in [-0.25, -0.2) is 4.98 Å². The van der Waals surface area contributed by atoms with Gasteiger partial charge in [0.25, 0.3) is 0 Å². The average Bonchev–Trinajstić information content (AvgIpc) is 2.84. The average molecular weight is 264 g/mol. The molecule has 3 nitrogen and oxygen atoms in total. The van der Waals surface area contributed by atoms with Crippen LogP contribution >= 0.6 is 23.1 Å². The topological polar surface area (TPSA) is 45.2 Å². The van der Waals surface area contributed by atoms with Crippen molar-refractivity contribution in [1.82, 2.24) is 4.98 Å². The number of aliphatic hydroxyl groups excluding tert-OH is 1. The lowest BCUT2D eigenvalue weighted by Crippen LogP contribution is -2.06. The van der Waals surface area contributed by atoms with Crippen LogP contribution in [0.25, 0.3) is 16.3 Å². The molecule has 0 radical (unpaired) electrons. The number of aliphatic hydroxyl groups is 1. The molecule has 2 aromatic rings. The van der Waals surface area contributed by atoms with Gasteiger partial charge in [-0.15, -0.1) is 23.1 Å². The quantitative estimate of drug-likeness (QED) is 0.837. The number of fused-ring (bicyclic) bond motifs is 3. The highest BCUT2D eigenvalue weighted by Gasteiger charge is 2.15. The summed E-state index contributed by atoms with van der Waals surface area (Å²) >= 11 is 3.26. The first-order valence-corrected chi connectivity index (χ1v) is 7.32. The first-order valence-electron chi connectivity index (χ1n) is 5.45. The lowest BCUT2D eigenvalue weighted by molar-refractivity contribution is 0.322. The summed E-state index contributed by atoms with van der Waals surface area (Å²) in [5, 5.41) is 16.6. The molecule has 0 unspecified atom stereocenters. The van der Waals surface area contributed by atoms with Gasteiger partial charge in [-0.05, 0) is 11.4 Å². The molecule has 0 saturated heterocycles. The van der Waals surface area contributed by atoms with Gasteiger partial charge in [-0.2, -0.15) is 0 Å². The van der Waals surface area contributed by atoms with E-state index in [9.17, 15) is 0 Å². The molecule has 0 spiro atoms. The maximum atomic E-state index is 8.93. The standard InChI is InChI=1S/C12H12N2OS2/c15-5-7-17-11-8-2-1-4-13-10(8)9-3-6-16-12(9)14-11/h1-3,6,13,15H,4-5,7H2. The van der Waals surface area contributed by atoms with Gasteiger partial charge in [0.15, 0.2) is 0 Å². The minimum absolute atomic E-state index is 0.181. The molecule has 0 bridgehead atoms. The summed E-state index contributed by atoms with van der Waals surface area (Å²) in [6.07, 6.45) is 4.22. The third-order valence-corrected chi connectivity index (χ3v) is 4.41. The first kappa shape index (κ1) is 11.1. The molecule has 0 fully saturated rings. The van der Waals surface area contributed by atoms with Crippen molar-refractivity contribution in [2.24, 2.45) is 0 Å². The number of nitrogens with zero attached hydrogens (tertiary/aromatic N) is 1. The summed E-state index contributed by atoms with van der Waals surface area (Å²) in [6, 6.07) is 2.11. The van der Waals surface area contributed by atoms with E-state index >= 15 is 0 Å². The number of thioether (sulfide) groups is 1. The van der Waals surface area contributed by atoms with Crippen LogP contribution in [-0.4, -0.2) is 29.0 Å². The third-order valence-electron chi connectivity index (χ3n) is 2.63. The fourth-order valence-corrected chi connectivity index (χ4v) is 3.52. The number of pyridine rings is 1. The second kappa shape index (κ2) is 4.68. The highest BCUT2D eigenvalue weighted by molar-refractivity contribution is 7.99. The van der Waals surface area contributed by atoms with E-state index in [0.29, 0.717) is 5.75 Å². The van der Waals surface area contributed by atoms with Crippen molar-refractivity contribution in [3.8, 4) is 0 Å². The minimum Gasteiger partial charge on any atom is -0.396 e. The largest absolute Gasteiger partial charge is 0.396 e. The van der Waals surface area contributed by atoms with E-state index in [1.54, 1.807) is 23.1 Å². The van der Waals surface area contributed by atoms with Crippen LogP contribution in [0.2, 0.25) is 0 Å². The molecule has 0 atom stereocenters. The lowest BCUT2D eigenvalue weighted by Gasteiger charge is -2.16. The van der Waals surface area contributed by atoms with Gasteiger partial charge in [0.05, 0.1) is 12.3 Å². The Bertz CT molecular complexity index is 577. The highest BCUT2D eigenvalue weighted by Crippen LogP contribution is 2.37.